The highest BCUT2D eigenvalue weighted by Crippen LogP contribution is 2.15. The fourth-order valence-corrected chi connectivity index (χ4v) is 2.21. The van der Waals surface area contributed by atoms with E-state index in [1.165, 1.54) is 49.7 Å². The molecule has 0 aliphatic heterocycles. The summed E-state index contributed by atoms with van der Waals surface area (Å²) in [6, 6.07) is 0. The highest BCUT2D eigenvalue weighted by molar-refractivity contribution is 4.94. The zero-order chi connectivity index (χ0) is 15.4. The minimum absolute atomic E-state index is 0.808. The molecule has 20 heavy (non-hydrogen) atoms. The Labute approximate surface area is 128 Å². The van der Waals surface area contributed by atoms with Crippen LogP contribution in [0.15, 0.2) is 35.5 Å². The lowest BCUT2D eigenvalue weighted by Gasteiger charge is -2.08. The van der Waals surface area contributed by atoms with E-state index in [0.717, 1.165) is 11.8 Å². The highest BCUT2D eigenvalue weighted by atomic mass is 14.1. The molecule has 2 atom stereocenters. The molecule has 0 rings (SSSR count). The molecule has 0 aliphatic rings. The first-order chi connectivity index (χ1) is 9.41. The standard InChI is InChI=1S/C20H36/c1-17(2)11-9-15-19(5)13-7-8-14-20(6)16-10-12-18(3)4/h7-8,11-12,19-20H,9-10,13-16H2,1-6H3/b8-7+/t19-,20-/m0/s1. The van der Waals surface area contributed by atoms with Gasteiger partial charge in [-0.2, -0.15) is 0 Å². The van der Waals surface area contributed by atoms with Gasteiger partial charge in [0.1, 0.15) is 0 Å². The maximum Gasteiger partial charge on any atom is -0.0325 e. The van der Waals surface area contributed by atoms with Crippen molar-refractivity contribution in [1.29, 1.82) is 0 Å². The van der Waals surface area contributed by atoms with Gasteiger partial charge in [0.05, 0.1) is 0 Å². The van der Waals surface area contributed by atoms with Gasteiger partial charge >= 0.3 is 0 Å². The topological polar surface area (TPSA) is 0 Å². The third-order valence-electron chi connectivity index (χ3n) is 3.67. The average molecular weight is 277 g/mol. The van der Waals surface area contributed by atoms with Crippen LogP contribution in [0.3, 0.4) is 0 Å². The van der Waals surface area contributed by atoms with E-state index in [1.807, 2.05) is 0 Å². The number of rotatable bonds is 10. The van der Waals surface area contributed by atoms with Gasteiger partial charge in [-0.05, 0) is 78.1 Å². The lowest BCUT2D eigenvalue weighted by molar-refractivity contribution is 0.532. The summed E-state index contributed by atoms with van der Waals surface area (Å²) in [5, 5.41) is 0. The molecule has 0 aromatic heterocycles. The Morgan fingerprint density at radius 1 is 0.700 bits per heavy atom. The Bertz CT molecular complexity index is 277. The third-order valence-corrected chi connectivity index (χ3v) is 3.67. The zero-order valence-corrected chi connectivity index (χ0v) is 14.7. The van der Waals surface area contributed by atoms with E-state index in [9.17, 15) is 0 Å². The van der Waals surface area contributed by atoms with E-state index in [-0.39, 0.29) is 0 Å². The molecule has 0 spiro atoms. The minimum Gasteiger partial charge on any atom is -0.0883 e. The van der Waals surface area contributed by atoms with Crippen LogP contribution >= 0.6 is 0 Å². The van der Waals surface area contributed by atoms with Gasteiger partial charge in [-0.25, -0.2) is 0 Å². The Morgan fingerprint density at radius 2 is 1.05 bits per heavy atom. The number of hydrogen-bond acceptors (Lipinski definition) is 0. The molecule has 0 saturated carbocycles. The molecule has 0 amide bonds. The molecule has 0 fully saturated rings. The van der Waals surface area contributed by atoms with E-state index >= 15 is 0 Å². The van der Waals surface area contributed by atoms with Crippen LogP contribution in [0.2, 0.25) is 0 Å². The first-order valence-electron chi connectivity index (χ1n) is 8.33. The second-order valence-electron chi connectivity index (χ2n) is 6.87. The van der Waals surface area contributed by atoms with Crippen molar-refractivity contribution in [1.82, 2.24) is 0 Å². The van der Waals surface area contributed by atoms with Crippen LogP contribution in [0.4, 0.5) is 0 Å². The summed E-state index contributed by atoms with van der Waals surface area (Å²) in [7, 11) is 0. The average Bonchev–Trinajstić information content (AvgIpc) is 2.33. The molecule has 0 bridgehead atoms. The van der Waals surface area contributed by atoms with E-state index < -0.39 is 0 Å². The van der Waals surface area contributed by atoms with Crippen LogP contribution in [0.1, 0.15) is 80.1 Å². The summed E-state index contributed by atoms with van der Waals surface area (Å²) in [6.45, 7) is 13.5. The molecule has 0 aromatic carbocycles. The molecular formula is C20H36. The molecule has 0 N–H and O–H groups in total. The molecule has 0 radical (unpaired) electrons. The second kappa shape index (κ2) is 12.0. The van der Waals surface area contributed by atoms with Gasteiger partial charge in [0.25, 0.3) is 0 Å². The van der Waals surface area contributed by atoms with Crippen LogP contribution in [0, 0.1) is 11.8 Å². The SMILES string of the molecule is CC(C)=CCC[C@@H](C)C/C=C/C[C@H](C)CCC=C(C)C. The van der Waals surface area contributed by atoms with Crippen LogP contribution in [-0.4, -0.2) is 0 Å². The van der Waals surface area contributed by atoms with Crippen molar-refractivity contribution < 1.29 is 0 Å². The van der Waals surface area contributed by atoms with E-state index in [4.69, 9.17) is 0 Å². The minimum atomic E-state index is 0.808. The van der Waals surface area contributed by atoms with Gasteiger partial charge in [0.2, 0.25) is 0 Å². The number of allylic oxidation sites excluding steroid dienone is 6. The first-order valence-corrected chi connectivity index (χ1v) is 8.33. The molecule has 0 aliphatic carbocycles. The van der Waals surface area contributed by atoms with Gasteiger partial charge in [0, 0.05) is 0 Å². The first kappa shape index (κ1) is 19.2. The largest absolute Gasteiger partial charge is 0.0883 e. The normalized spacial score (nSPS) is 14.1. The molecule has 0 saturated heterocycles. The molecule has 116 valence electrons. The monoisotopic (exact) mass is 276 g/mol. The molecule has 0 unspecified atom stereocenters. The summed E-state index contributed by atoms with van der Waals surface area (Å²) >= 11 is 0. The van der Waals surface area contributed by atoms with Crippen molar-refractivity contribution in [2.75, 3.05) is 0 Å². The Hall–Kier alpha value is -0.780. The maximum atomic E-state index is 2.39. The van der Waals surface area contributed by atoms with Crippen LogP contribution in [0.25, 0.3) is 0 Å². The van der Waals surface area contributed by atoms with Gasteiger partial charge in [0.15, 0.2) is 0 Å². The Morgan fingerprint density at radius 3 is 1.35 bits per heavy atom. The molecule has 0 heterocycles. The summed E-state index contributed by atoms with van der Waals surface area (Å²) in [4.78, 5) is 0. The van der Waals surface area contributed by atoms with Crippen LogP contribution in [-0.2, 0) is 0 Å². The van der Waals surface area contributed by atoms with Crippen molar-refractivity contribution in [3.05, 3.63) is 35.5 Å². The van der Waals surface area contributed by atoms with Gasteiger partial charge in [-0.1, -0.05) is 49.3 Å². The van der Waals surface area contributed by atoms with Crippen molar-refractivity contribution in [3.63, 3.8) is 0 Å². The van der Waals surface area contributed by atoms with Crippen molar-refractivity contribution in [2.24, 2.45) is 11.8 Å². The molecule has 0 nitrogen and oxygen atoms in total. The summed E-state index contributed by atoms with van der Waals surface area (Å²) < 4.78 is 0. The predicted octanol–water partition coefficient (Wildman–Crippen LogP) is 7.09. The van der Waals surface area contributed by atoms with Gasteiger partial charge in [-0.3, -0.25) is 0 Å². The van der Waals surface area contributed by atoms with E-state index in [1.54, 1.807) is 0 Å². The smallest absolute Gasteiger partial charge is 0.0325 e. The van der Waals surface area contributed by atoms with Crippen LogP contribution < -0.4 is 0 Å². The third kappa shape index (κ3) is 13.6. The summed E-state index contributed by atoms with van der Waals surface area (Å²) in [5.74, 6) is 1.62. The van der Waals surface area contributed by atoms with E-state index in [0.29, 0.717) is 0 Å². The zero-order valence-electron chi connectivity index (χ0n) is 14.7. The fraction of sp³-hybridized carbons (Fsp3) is 0.700. The Balaban J connectivity index is 3.69. The van der Waals surface area contributed by atoms with Crippen molar-refractivity contribution >= 4 is 0 Å². The lowest BCUT2D eigenvalue weighted by Crippen LogP contribution is -1.93. The summed E-state index contributed by atoms with van der Waals surface area (Å²) in [6.07, 6.45) is 17.0. The fourth-order valence-electron chi connectivity index (χ4n) is 2.21. The summed E-state index contributed by atoms with van der Waals surface area (Å²) in [5.41, 5.74) is 2.89. The quantitative estimate of drug-likeness (QED) is 0.374. The molecule has 0 heteroatoms. The molecular weight excluding hydrogens is 240 g/mol. The second-order valence-corrected chi connectivity index (χ2v) is 6.87. The van der Waals surface area contributed by atoms with Crippen LogP contribution in [0.5, 0.6) is 0 Å². The van der Waals surface area contributed by atoms with Crippen molar-refractivity contribution in [2.45, 2.75) is 80.1 Å². The van der Waals surface area contributed by atoms with Gasteiger partial charge in [-0.15, -0.1) is 0 Å². The highest BCUT2D eigenvalue weighted by Gasteiger charge is 2.00. The lowest BCUT2D eigenvalue weighted by atomic mass is 9.98. The molecule has 0 aromatic rings. The number of hydrogen-bond donors (Lipinski definition) is 0. The van der Waals surface area contributed by atoms with E-state index in [2.05, 4.69) is 65.8 Å². The van der Waals surface area contributed by atoms with Gasteiger partial charge < -0.3 is 0 Å². The maximum absolute atomic E-state index is 2.39. The Kier molecular flexibility index (Phi) is 11.5. The predicted molar refractivity (Wildman–Crippen MR) is 94.0 cm³/mol. The van der Waals surface area contributed by atoms with Crippen molar-refractivity contribution in [3.8, 4) is 0 Å².